The number of aryl methyl sites for hydroxylation is 1. The smallest absolute Gasteiger partial charge is 0.342 e. The molecule has 84 valence electrons. The van der Waals surface area contributed by atoms with Crippen LogP contribution in [0.2, 0.25) is 0 Å². The molecule has 16 heavy (non-hydrogen) atoms. The maximum atomic E-state index is 11.8. The fraction of sp³-hybridized carbons (Fsp3) is 0.308. The highest BCUT2D eigenvalue weighted by atomic mass is 16.5. The first-order valence-electron chi connectivity index (χ1n) is 5.45. The van der Waals surface area contributed by atoms with Crippen molar-refractivity contribution in [2.45, 2.75) is 20.3 Å². The SMILES string of the molecule is CCOC(=O)c1c(CC)oc2ccccc12. The van der Waals surface area contributed by atoms with Crippen LogP contribution in [0.1, 0.15) is 30.0 Å². The maximum absolute atomic E-state index is 11.8. The van der Waals surface area contributed by atoms with Gasteiger partial charge in [0.25, 0.3) is 0 Å². The Bertz CT molecular complexity index is 511. The largest absolute Gasteiger partial charge is 0.462 e. The summed E-state index contributed by atoms with van der Waals surface area (Å²) in [4.78, 5) is 11.8. The highest BCUT2D eigenvalue weighted by Crippen LogP contribution is 2.26. The molecule has 0 aliphatic carbocycles. The van der Waals surface area contributed by atoms with E-state index >= 15 is 0 Å². The van der Waals surface area contributed by atoms with E-state index in [1.807, 2.05) is 31.2 Å². The van der Waals surface area contributed by atoms with Crippen LogP contribution in [0.25, 0.3) is 11.0 Å². The third-order valence-corrected chi connectivity index (χ3v) is 2.47. The minimum atomic E-state index is -0.302. The van der Waals surface area contributed by atoms with Gasteiger partial charge in [-0.2, -0.15) is 0 Å². The Labute approximate surface area is 94.0 Å². The lowest BCUT2D eigenvalue weighted by Gasteiger charge is -2.00. The number of para-hydroxylation sites is 1. The molecule has 0 saturated heterocycles. The van der Waals surface area contributed by atoms with Gasteiger partial charge in [-0.15, -0.1) is 0 Å². The van der Waals surface area contributed by atoms with Gasteiger partial charge in [0.2, 0.25) is 0 Å². The van der Waals surface area contributed by atoms with Gasteiger partial charge in [-0.3, -0.25) is 0 Å². The lowest BCUT2D eigenvalue weighted by atomic mass is 10.1. The summed E-state index contributed by atoms with van der Waals surface area (Å²) in [6.07, 6.45) is 0.683. The third kappa shape index (κ3) is 1.69. The van der Waals surface area contributed by atoms with Gasteiger partial charge in [-0.05, 0) is 13.0 Å². The van der Waals surface area contributed by atoms with Gasteiger partial charge in [0.05, 0.1) is 6.61 Å². The number of fused-ring (bicyclic) bond motifs is 1. The van der Waals surface area contributed by atoms with Gasteiger partial charge in [-0.1, -0.05) is 25.1 Å². The maximum Gasteiger partial charge on any atom is 0.342 e. The molecule has 0 aliphatic heterocycles. The summed E-state index contributed by atoms with van der Waals surface area (Å²) >= 11 is 0. The van der Waals surface area contributed by atoms with E-state index in [0.29, 0.717) is 24.4 Å². The van der Waals surface area contributed by atoms with Gasteiger partial charge >= 0.3 is 5.97 Å². The van der Waals surface area contributed by atoms with Crippen LogP contribution in [0.3, 0.4) is 0 Å². The van der Waals surface area contributed by atoms with Gasteiger partial charge in [0.15, 0.2) is 0 Å². The number of hydrogen-bond acceptors (Lipinski definition) is 3. The molecule has 0 atom stereocenters. The topological polar surface area (TPSA) is 39.4 Å². The molecule has 1 aromatic heterocycles. The van der Waals surface area contributed by atoms with Gasteiger partial charge in [-0.25, -0.2) is 4.79 Å². The van der Waals surface area contributed by atoms with E-state index in [9.17, 15) is 4.79 Å². The fourth-order valence-electron chi connectivity index (χ4n) is 1.77. The molecule has 0 N–H and O–H groups in total. The van der Waals surface area contributed by atoms with Crippen LogP contribution < -0.4 is 0 Å². The molecule has 0 unspecified atom stereocenters. The fourth-order valence-corrected chi connectivity index (χ4v) is 1.77. The first-order chi connectivity index (χ1) is 7.77. The van der Waals surface area contributed by atoms with E-state index in [1.165, 1.54) is 0 Å². The van der Waals surface area contributed by atoms with Crippen LogP contribution in [-0.2, 0) is 11.2 Å². The van der Waals surface area contributed by atoms with Crippen LogP contribution in [-0.4, -0.2) is 12.6 Å². The number of carbonyl (C=O) groups is 1. The van der Waals surface area contributed by atoms with E-state index in [4.69, 9.17) is 9.15 Å². The minimum Gasteiger partial charge on any atom is -0.462 e. The number of benzene rings is 1. The Morgan fingerprint density at radius 2 is 2.06 bits per heavy atom. The highest BCUT2D eigenvalue weighted by molar-refractivity contribution is 6.04. The summed E-state index contributed by atoms with van der Waals surface area (Å²) in [5.41, 5.74) is 1.31. The Kier molecular flexibility index (Phi) is 2.95. The minimum absolute atomic E-state index is 0.302. The van der Waals surface area contributed by atoms with Crippen molar-refractivity contribution in [3.8, 4) is 0 Å². The average molecular weight is 218 g/mol. The first kappa shape index (κ1) is 10.7. The molecule has 0 spiro atoms. The zero-order chi connectivity index (χ0) is 11.5. The van der Waals surface area contributed by atoms with Crippen molar-refractivity contribution >= 4 is 16.9 Å². The molecule has 0 saturated carbocycles. The van der Waals surface area contributed by atoms with E-state index in [1.54, 1.807) is 6.92 Å². The molecule has 3 heteroatoms. The van der Waals surface area contributed by atoms with Crippen LogP contribution in [0, 0.1) is 0 Å². The second kappa shape index (κ2) is 4.39. The molecule has 2 rings (SSSR count). The summed E-state index contributed by atoms with van der Waals surface area (Å²) < 4.78 is 10.7. The molecule has 0 radical (unpaired) electrons. The van der Waals surface area contributed by atoms with E-state index in [-0.39, 0.29) is 5.97 Å². The lowest BCUT2D eigenvalue weighted by Crippen LogP contribution is -2.06. The van der Waals surface area contributed by atoms with Crippen LogP contribution >= 0.6 is 0 Å². The number of hydrogen-bond donors (Lipinski definition) is 0. The van der Waals surface area contributed by atoms with Crippen molar-refractivity contribution in [3.63, 3.8) is 0 Å². The van der Waals surface area contributed by atoms with Crippen molar-refractivity contribution in [1.82, 2.24) is 0 Å². The normalized spacial score (nSPS) is 10.6. The Morgan fingerprint density at radius 1 is 1.31 bits per heavy atom. The number of ether oxygens (including phenoxy) is 1. The molecular weight excluding hydrogens is 204 g/mol. The molecule has 0 amide bonds. The summed E-state index contributed by atoms with van der Waals surface area (Å²) in [7, 11) is 0. The lowest BCUT2D eigenvalue weighted by molar-refractivity contribution is 0.0526. The Hall–Kier alpha value is -1.77. The average Bonchev–Trinajstić information content (AvgIpc) is 2.67. The van der Waals surface area contributed by atoms with Gasteiger partial charge < -0.3 is 9.15 Å². The predicted molar refractivity (Wildman–Crippen MR) is 61.5 cm³/mol. The Balaban J connectivity index is 2.60. The summed E-state index contributed by atoms with van der Waals surface area (Å²) in [5.74, 6) is 0.393. The number of furan rings is 1. The van der Waals surface area contributed by atoms with Crippen molar-refractivity contribution in [3.05, 3.63) is 35.6 Å². The molecule has 2 aromatic rings. The van der Waals surface area contributed by atoms with Gasteiger partial charge in [0.1, 0.15) is 16.9 Å². The molecule has 3 nitrogen and oxygen atoms in total. The molecule has 1 aromatic carbocycles. The van der Waals surface area contributed by atoms with Crippen molar-refractivity contribution < 1.29 is 13.9 Å². The second-order valence-corrected chi connectivity index (χ2v) is 3.47. The molecule has 1 heterocycles. The van der Waals surface area contributed by atoms with Crippen LogP contribution in [0.5, 0.6) is 0 Å². The van der Waals surface area contributed by atoms with Crippen molar-refractivity contribution in [2.24, 2.45) is 0 Å². The van der Waals surface area contributed by atoms with Crippen LogP contribution in [0.4, 0.5) is 0 Å². The van der Waals surface area contributed by atoms with E-state index in [0.717, 1.165) is 11.0 Å². The Morgan fingerprint density at radius 3 is 2.75 bits per heavy atom. The van der Waals surface area contributed by atoms with Gasteiger partial charge in [0, 0.05) is 11.8 Å². The summed E-state index contributed by atoms with van der Waals surface area (Å²) in [6, 6.07) is 7.52. The summed E-state index contributed by atoms with van der Waals surface area (Å²) in [5, 5.41) is 0.831. The molecule has 0 aliphatic rings. The number of carbonyl (C=O) groups excluding carboxylic acids is 1. The molecule has 0 fully saturated rings. The standard InChI is InChI=1S/C13H14O3/c1-3-10-12(13(14)15-4-2)9-7-5-6-8-11(9)16-10/h5-8H,3-4H2,1-2H3. The van der Waals surface area contributed by atoms with Crippen molar-refractivity contribution in [2.75, 3.05) is 6.61 Å². The third-order valence-electron chi connectivity index (χ3n) is 2.47. The first-order valence-corrected chi connectivity index (χ1v) is 5.45. The zero-order valence-electron chi connectivity index (χ0n) is 9.45. The number of esters is 1. The highest BCUT2D eigenvalue weighted by Gasteiger charge is 2.20. The van der Waals surface area contributed by atoms with E-state index in [2.05, 4.69) is 0 Å². The monoisotopic (exact) mass is 218 g/mol. The second-order valence-electron chi connectivity index (χ2n) is 3.47. The number of rotatable bonds is 3. The predicted octanol–water partition coefficient (Wildman–Crippen LogP) is 3.17. The van der Waals surface area contributed by atoms with Crippen LogP contribution in [0.15, 0.2) is 28.7 Å². The quantitative estimate of drug-likeness (QED) is 0.743. The zero-order valence-corrected chi connectivity index (χ0v) is 9.45. The molecule has 0 bridgehead atoms. The van der Waals surface area contributed by atoms with Crippen molar-refractivity contribution in [1.29, 1.82) is 0 Å². The summed E-state index contributed by atoms with van der Waals surface area (Å²) in [6.45, 7) is 4.13. The van der Waals surface area contributed by atoms with E-state index < -0.39 is 0 Å². The molecular formula is C13H14O3.